The number of nitrogens with one attached hydrogen (secondary N) is 1. The van der Waals surface area contributed by atoms with Gasteiger partial charge in [-0.05, 0) is 38.3 Å². The molecule has 1 aliphatic carbocycles. The summed E-state index contributed by atoms with van der Waals surface area (Å²) in [6, 6.07) is 10.4. The molecule has 0 bridgehead atoms. The quantitative estimate of drug-likeness (QED) is 0.878. The molecule has 2 N–H and O–H groups in total. The van der Waals surface area contributed by atoms with Gasteiger partial charge in [0.2, 0.25) is 5.43 Å². The lowest BCUT2D eigenvalue weighted by atomic mass is 10.1. The molecule has 1 amide bonds. The number of aliphatic carboxylic acids is 1. The molecule has 1 aromatic carbocycles. The Labute approximate surface area is 144 Å². The van der Waals surface area contributed by atoms with Gasteiger partial charge < -0.3 is 10.4 Å². The molecule has 1 saturated carbocycles. The first-order valence-electron chi connectivity index (χ1n) is 8.16. The lowest BCUT2D eigenvalue weighted by molar-refractivity contribution is -0.141. The van der Waals surface area contributed by atoms with Gasteiger partial charge in [-0.15, -0.1) is 0 Å². The number of benzene rings is 1. The van der Waals surface area contributed by atoms with E-state index >= 15 is 0 Å². The standard InChI is InChI=1S/C18H19N3O4/c1-11-9-15(22)16(20-21(11)14-5-3-2-4-6-14)17(23)19-13-8-7-12(10-13)18(24)25/h2-6,9,12-13H,7-8,10H2,1H3,(H,19,23)(H,24,25)/t12-,13+/m1/s1. The van der Waals surface area contributed by atoms with E-state index in [9.17, 15) is 14.4 Å². The maximum atomic E-state index is 12.5. The number of para-hydroxylation sites is 1. The fraction of sp³-hybridized carbons (Fsp3) is 0.333. The first kappa shape index (κ1) is 16.9. The SMILES string of the molecule is Cc1cc(=O)c(C(=O)N[C@H]2CC[C@@H](C(=O)O)C2)nn1-c1ccccc1. The Kier molecular flexibility index (Phi) is 4.65. The minimum absolute atomic E-state index is 0.187. The Hall–Kier alpha value is -2.96. The molecule has 3 rings (SSSR count). The molecule has 0 radical (unpaired) electrons. The van der Waals surface area contributed by atoms with Gasteiger partial charge in [-0.1, -0.05) is 18.2 Å². The fourth-order valence-electron chi connectivity index (χ4n) is 3.13. The van der Waals surface area contributed by atoms with Crippen LogP contribution in [-0.4, -0.2) is 32.8 Å². The van der Waals surface area contributed by atoms with E-state index in [0.29, 0.717) is 25.0 Å². The van der Waals surface area contributed by atoms with Gasteiger partial charge in [0, 0.05) is 17.8 Å². The van der Waals surface area contributed by atoms with Crippen molar-refractivity contribution < 1.29 is 14.7 Å². The van der Waals surface area contributed by atoms with Crippen LogP contribution in [0.1, 0.15) is 35.4 Å². The van der Waals surface area contributed by atoms with Crippen LogP contribution in [0.15, 0.2) is 41.2 Å². The molecule has 130 valence electrons. The highest BCUT2D eigenvalue weighted by Crippen LogP contribution is 2.25. The van der Waals surface area contributed by atoms with Crippen LogP contribution in [0.5, 0.6) is 0 Å². The average molecular weight is 341 g/mol. The van der Waals surface area contributed by atoms with E-state index in [1.54, 1.807) is 11.6 Å². The Morgan fingerprint density at radius 2 is 1.96 bits per heavy atom. The minimum Gasteiger partial charge on any atom is -0.481 e. The summed E-state index contributed by atoms with van der Waals surface area (Å²) in [4.78, 5) is 35.7. The number of aryl methyl sites for hydroxylation is 1. The van der Waals surface area contributed by atoms with Crippen molar-refractivity contribution in [1.29, 1.82) is 0 Å². The lowest BCUT2D eigenvalue weighted by Crippen LogP contribution is -2.37. The summed E-state index contributed by atoms with van der Waals surface area (Å²) in [5.41, 5.74) is 0.739. The summed E-state index contributed by atoms with van der Waals surface area (Å²) in [6.45, 7) is 1.75. The van der Waals surface area contributed by atoms with Crippen molar-refractivity contribution in [1.82, 2.24) is 15.1 Å². The number of carboxylic acid groups (broad SMARTS) is 1. The molecule has 1 aromatic heterocycles. The minimum atomic E-state index is -0.850. The zero-order chi connectivity index (χ0) is 18.0. The molecular weight excluding hydrogens is 322 g/mol. The van der Waals surface area contributed by atoms with Crippen LogP contribution in [-0.2, 0) is 4.79 Å². The van der Waals surface area contributed by atoms with Crippen molar-refractivity contribution in [3.63, 3.8) is 0 Å². The second-order valence-electron chi connectivity index (χ2n) is 6.26. The number of carbonyl (C=O) groups excluding carboxylic acids is 1. The van der Waals surface area contributed by atoms with Crippen LogP contribution in [0, 0.1) is 12.8 Å². The number of aromatic nitrogens is 2. The number of nitrogens with zero attached hydrogens (tertiary/aromatic N) is 2. The third kappa shape index (κ3) is 3.60. The third-order valence-electron chi connectivity index (χ3n) is 4.44. The summed E-state index contributed by atoms with van der Waals surface area (Å²) in [7, 11) is 0. The number of carboxylic acids is 1. The zero-order valence-electron chi connectivity index (χ0n) is 13.8. The van der Waals surface area contributed by atoms with Crippen molar-refractivity contribution in [3.8, 4) is 5.69 Å². The Bertz CT molecular complexity index is 860. The van der Waals surface area contributed by atoms with E-state index in [4.69, 9.17) is 5.11 Å². The molecule has 0 aliphatic heterocycles. The van der Waals surface area contributed by atoms with Crippen molar-refractivity contribution >= 4 is 11.9 Å². The highest BCUT2D eigenvalue weighted by molar-refractivity contribution is 5.92. The van der Waals surface area contributed by atoms with E-state index in [2.05, 4.69) is 10.4 Å². The van der Waals surface area contributed by atoms with Crippen LogP contribution in [0.3, 0.4) is 0 Å². The molecule has 2 atom stereocenters. The molecule has 7 heteroatoms. The number of hydrogen-bond acceptors (Lipinski definition) is 4. The van der Waals surface area contributed by atoms with Gasteiger partial charge in [0.1, 0.15) is 0 Å². The van der Waals surface area contributed by atoms with Gasteiger partial charge in [0.05, 0.1) is 11.6 Å². The molecule has 0 spiro atoms. The van der Waals surface area contributed by atoms with Crippen molar-refractivity contribution in [3.05, 3.63) is 58.0 Å². The van der Waals surface area contributed by atoms with Gasteiger partial charge in [-0.25, -0.2) is 4.68 Å². The van der Waals surface area contributed by atoms with Gasteiger partial charge in [0.25, 0.3) is 5.91 Å². The van der Waals surface area contributed by atoms with Crippen molar-refractivity contribution in [2.24, 2.45) is 5.92 Å². The summed E-state index contributed by atoms with van der Waals surface area (Å²) in [5, 5.41) is 16.0. The molecule has 2 aromatic rings. The summed E-state index contributed by atoms with van der Waals surface area (Å²) in [6.07, 6.45) is 1.48. The van der Waals surface area contributed by atoms with Gasteiger partial charge >= 0.3 is 5.97 Å². The number of hydrogen-bond donors (Lipinski definition) is 2. The predicted octanol–water partition coefficient (Wildman–Crippen LogP) is 1.52. The molecule has 1 aliphatic rings. The fourth-order valence-corrected chi connectivity index (χ4v) is 3.13. The first-order chi connectivity index (χ1) is 12.0. The first-order valence-corrected chi connectivity index (χ1v) is 8.16. The Morgan fingerprint density at radius 1 is 1.24 bits per heavy atom. The largest absolute Gasteiger partial charge is 0.481 e. The van der Waals surface area contributed by atoms with Gasteiger partial charge in [-0.2, -0.15) is 5.10 Å². The van der Waals surface area contributed by atoms with Crippen LogP contribution in [0.2, 0.25) is 0 Å². The number of amides is 1. The maximum absolute atomic E-state index is 12.5. The van der Waals surface area contributed by atoms with Crippen molar-refractivity contribution in [2.45, 2.75) is 32.2 Å². The highest BCUT2D eigenvalue weighted by atomic mass is 16.4. The topological polar surface area (TPSA) is 101 Å². The van der Waals surface area contributed by atoms with E-state index in [0.717, 1.165) is 5.69 Å². The molecule has 25 heavy (non-hydrogen) atoms. The van der Waals surface area contributed by atoms with Crippen LogP contribution < -0.4 is 10.7 Å². The third-order valence-corrected chi connectivity index (χ3v) is 4.44. The van der Waals surface area contributed by atoms with E-state index in [1.165, 1.54) is 6.07 Å². The second-order valence-corrected chi connectivity index (χ2v) is 6.26. The molecule has 0 unspecified atom stereocenters. The lowest BCUT2D eigenvalue weighted by Gasteiger charge is -2.14. The molecule has 7 nitrogen and oxygen atoms in total. The van der Waals surface area contributed by atoms with Crippen LogP contribution >= 0.6 is 0 Å². The summed E-state index contributed by atoms with van der Waals surface area (Å²) < 4.78 is 1.55. The highest BCUT2D eigenvalue weighted by Gasteiger charge is 2.31. The van der Waals surface area contributed by atoms with E-state index in [-0.39, 0.29) is 11.7 Å². The van der Waals surface area contributed by atoms with Crippen LogP contribution in [0.4, 0.5) is 0 Å². The Morgan fingerprint density at radius 3 is 2.60 bits per heavy atom. The van der Waals surface area contributed by atoms with Crippen LogP contribution in [0.25, 0.3) is 5.69 Å². The predicted molar refractivity (Wildman–Crippen MR) is 90.8 cm³/mol. The number of carbonyl (C=O) groups is 2. The Balaban J connectivity index is 1.83. The maximum Gasteiger partial charge on any atom is 0.306 e. The molecule has 1 heterocycles. The summed E-state index contributed by atoms with van der Waals surface area (Å²) in [5.74, 6) is -1.86. The molecular formula is C18H19N3O4. The normalized spacial score (nSPS) is 19.6. The molecule has 1 fully saturated rings. The summed E-state index contributed by atoms with van der Waals surface area (Å²) >= 11 is 0. The monoisotopic (exact) mass is 341 g/mol. The van der Waals surface area contributed by atoms with Gasteiger partial charge in [0.15, 0.2) is 5.69 Å². The second kappa shape index (κ2) is 6.88. The van der Waals surface area contributed by atoms with E-state index in [1.807, 2.05) is 30.3 Å². The zero-order valence-corrected chi connectivity index (χ0v) is 13.8. The molecule has 0 saturated heterocycles. The average Bonchev–Trinajstić information content (AvgIpc) is 3.04. The van der Waals surface area contributed by atoms with Gasteiger partial charge in [-0.3, -0.25) is 14.4 Å². The van der Waals surface area contributed by atoms with E-state index < -0.39 is 23.2 Å². The smallest absolute Gasteiger partial charge is 0.306 e. The van der Waals surface area contributed by atoms with Crippen molar-refractivity contribution in [2.75, 3.05) is 0 Å². The number of rotatable bonds is 4.